The first-order chi connectivity index (χ1) is 11.3. The van der Waals surface area contributed by atoms with E-state index in [1.54, 1.807) is 11.3 Å². The number of esters is 1. The van der Waals surface area contributed by atoms with E-state index in [-0.39, 0.29) is 30.4 Å². The molecule has 0 bridgehead atoms. The third-order valence-electron chi connectivity index (χ3n) is 4.98. The fourth-order valence-corrected chi connectivity index (χ4v) is 4.08. The molecule has 0 unspecified atom stereocenters. The van der Waals surface area contributed by atoms with Crippen molar-refractivity contribution in [2.45, 2.75) is 59.4 Å². The normalized spacial score (nSPS) is 22.7. The second-order valence-electron chi connectivity index (χ2n) is 7.83. The van der Waals surface area contributed by atoms with E-state index in [9.17, 15) is 9.59 Å². The highest BCUT2D eigenvalue weighted by molar-refractivity contribution is 7.10. The number of ether oxygens (including phenoxy) is 1. The van der Waals surface area contributed by atoms with Gasteiger partial charge in [0.2, 0.25) is 0 Å². The van der Waals surface area contributed by atoms with E-state index in [1.807, 2.05) is 24.4 Å². The third kappa shape index (κ3) is 5.33. The van der Waals surface area contributed by atoms with E-state index in [0.29, 0.717) is 11.3 Å². The van der Waals surface area contributed by atoms with E-state index in [0.717, 1.165) is 30.6 Å². The van der Waals surface area contributed by atoms with Crippen LogP contribution < -0.4 is 5.32 Å². The van der Waals surface area contributed by atoms with Gasteiger partial charge < -0.3 is 10.1 Å². The highest BCUT2D eigenvalue weighted by atomic mass is 32.1. The number of carbonyl (C=O) groups is 2. The predicted molar refractivity (Wildman–Crippen MR) is 96.7 cm³/mol. The maximum absolute atomic E-state index is 12.2. The van der Waals surface area contributed by atoms with Crippen molar-refractivity contribution in [3.63, 3.8) is 0 Å². The van der Waals surface area contributed by atoms with E-state index in [4.69, 9.17) is 4.74 Å². The lowest BCUT2D eigenvalue weighted by atomic mass is 9.70. The Balaban J connectivity index is 1.70. The van der Waals surface area contributed by atoms with Crippen molar-refractivity contribution in [2.75, 3.05) is 6.61 Å². The molecule has 0 spiro atoms. The molecular weight excluding hydrogens is 322 g/mol. The van der Waals surface area contributed by atoms with Crippen LogP contribution in [0.2, 0.25) is 0 Å². The van der Waals surface area contributed by atoms with E-state index in [2.05, 4.69) is 26.1 Å². The van der Waals surface area contributed by atoms with Crippen LogP contribution in [0.4, 0.5) is 0 Å². The van der Waals surface area contributed by atoms with Gasteiger partial charge in [0.1, 0.15) is 0 Å². The molecule has 1 aliphatic carbocycles. The Hall–Kier alpha value is -1.36. The summed E-state index contributed by atoms with van der Waals surface area (Å²) in [6.45, 7) is 8.52. The summed E-state index contributed by atoms with van der Waals surface area (Å²) in [7, 11) is 0. The van der Waals surface area contributed by atoms with Crippen LogP contribution in [0, 0.1) is 17.3 Å². The van der Waals surface area contributed by atoms with Gasteiger partial charge in [0.05, 0.1) is 12.0 Å². The Morgan fingerprint density at radius 1 is 1.29 bits per heavy atom. The molecule has 1 N–H and O–H groups in total. The monoisotopic (exact) mass is 351 g/mol. The van der Waals surface area contributed by atoms with Gasteiger partial charge in [-0.05, 0) is 55.4 Å². The molecule has 0 aliphatic heterocycles. The quantitative estimate of drug-likeness (QED) is 0.804. The molecular formula is C19H29NO3S. The van der Waals surface area contributed by atoms with Crippen molar-refractivity contribution in [1.82, 2.24) is 5.32 Å². The molecule has 1 aromatic heterocycles. The fourth-order valence-electron chi connectivity index (χ4n) is 3.34. The second kappa shape index (κ2) is 8.15. The van der Waals surface area contributed by atoms with Crippen LogP contribution in [-0.4, -0.2) is 18.5 Å². The van der Waals surface area contributed by atoms with Crippen molar-refractivity contribution in [3.8, 4) is 0 Å². The van der Waals surface area contributed by atoms with Gasteiger partial charge in [0.25, 0.3) is 5.91 Å². The summed E-state index contributed by atoms with van der Waals surface area (Å²) in [5, 5.41) is 4.84. The lowest BCUT2D eigenvalue weighted by molar-refractivity contribution is -0.154. The lowest BCUT2D eigenvalue weighted by Gasteiger charge is -2.36. The van der Waals surface area contributed by atoms with Crippen molar-refractivity contribution in [1.29, 1.82) is 0 Å². The Labute approximate surface area is 149 Å². The summed E-state index contributed by atoms with van der Waals surface area (Å²) >= 11 is 1.60. The largest absolute Gasteiger partial charge is 0.455 e. The maximum atomic E-state index is 12.2. The number of carbonyl (C=O) groups excluding carboxylic acids is 2. The molecule has 1 saturated carbocycles. The average molecular weight is 352 g/mol. The molecule has 1 aromatic rings. The topological polar surface area (TPSA) is 55.4 Å². The molecule has 0 saturated heterocycles. The average Bonchev–Trinajstić information content (AvgIpc) is 3.06. The number of hydrogen-bond acceptors (Lipinski definition) is 4. The highest BCUT2D eigenvalue weighted by Crippen LogP contribution is 2.40. The second-order valence-corrected chi connectivity index (χ2v) is 8.81. The van der Waals surface area contributed by atoms with Gasteiger partial charge in [-0.3, -0.25) is 9.59 Å². The van der Waals surface area contributed by atoms with Gasteiger partial charge in [-0.1, -0.05) is 26.8 Å². The number of amides is 1. The molecule has 1 fully saturated rings. The minimum atomic E-state index is -0.243. The number of hydrogen-bond donors (Lipinski definition) is 1. The molecule has 134 valence electrons. The van der Waals surface area contributed by atoms with Crippen LogP contribution in [-0.2, 0) is 14.3 Å². The molecule has 2 rings (SSSR count). The molecule has 24 heavy (non-hydrogen) atoms. The lowest BCUT2D eigenvalue weighted by Crippen LogP contribution is -2.33. The summed E-state index contributed by atoms with van der Waals surface area (Å²) < 4.78 is 5.23. The van der Waals surface area contributed by atoms with Crippen LogP contribution >= 0.6 is 11.3 Å². The zero-order valence-electron chi connectivity index (χ0n) is 15.1. The van der Waals surface area contributed by atoms with E-state index in [1.165, 1.54) is 0 Å². The molecule has 5 heteroatoms. The van der Waals surface area contributed by atoms with E-state index < -0.39 is 0 Å². The van der Waals surface area contributed by atoms with Crippen molar-refractivity contribution >= 4 is 23.2 Å². The Bertz CT molecular complexity index is 539. The van der Waals surface area contributed by atoms with E-state index >= 15 is 0 Å². The third-order valence-corrected chi connectivity index (χ3v) is 6.03. The summed E-state index contributed by atoms with van der Waals surface area (Å²) in [4.78, 5) is 25.2. The highest BCUT2D eigenvalue weighted by Gasteiger charge is 2.33. The van der Waals surface area contributed by atoms with Crippen LogP contribution in [0.5, 0.6) is 0 Å². The molecule has 1 amide bonds. The van der Waals surface area contributed by atoms with Crippen LogP contribution in [0.25, 0.3) is 0 Å². The van der Waals surface area contributed by atoms with Crippen LogP contribution in [0.15, 0.2) is 17.5 Å². The van der Waals surface area contributed by atoms with Crippen LogP contribution in [0.1, 0.15) is 64.3 Å². The summed E-state index contributed by atoms with van der Waals surface area (Å²) in [6.07, 6.45) is 3.86. The van der Waals surface area contributed by atoms with Gasteiger partial charge in [-0.25, -0.2) is 0 Å². The maximum Gasteiger partial charge on any atom is 0.309 e. The standard InChI is InChI=1S/C19H29NO3S/c1-13(16-6-5-11-24-16)20-17(21)12-23-18(22)14-7-9-15(10-8-14)19(2,3)4/h5-6,11,13-15H,7-10,12H2,1-4H3,(H,20,21)/t13-,14?,15?/m0/s1. The van der Waals surface area contributed by atoms with Crippen molar-refractivity contribution < 1.29 is 14.3 Å². The number of rotatable bonds is 5. The minimum absolute atomic E-state index is 0.0499. The SMILES string of the molecule is C[C@H](NC(=O)COC(=O)C1CCC(C(C)(C)C)CC1)c1cccs1. The molecule has 0 aromatic carbocycles. The smallest absolute Gasteiger partial charge is 0.309 e. The Morgan fingerprint density at radius 3 is 2.50 bits per heavy atom. The summed E-state index contributed by atoms with van der Waals surface area (Å²) in [6, 6.07) is 3.88. The first-order valence-electron chi connectivity index (χ1n) is 8.76. The predicted octanol–water partition coefficient (Wildman–Crippen LogP) is 4.32. The molecule has 1 heterocycles. The zero-order chi connectivity index (χ0) is 17.7. The Morgan fingerprint density at radius 2 is 1.96 bits per heavy atom. The van der Waals surface area contributed by atoms with Crippen LogP contribution in [0.3, 0.4) is 0 Å². The van der Waals surface area contributed by atoms with Gasteiger partial charge in [0.15, 0.2) is 6.61 Å². The molecule has 1 aliphatic rings. The molecule has 1 atom stereocenters. The first kappa shape index (κ1) is 19.0. The van der Waals surface area contributed by atoms with Gasteiger partial charge in [-0.15, -0.1) is 11.3 Å². The summed E-state index contributed by atoms with van der Waals surface area (Å²) in [5.41, 5.74) is 0.298. The van der Waals surface area contributed by atoms with Gasteiger partial charge in [-0.2, -0.15) is 0 Å². The zero-order valence-corrected chi connectivity index (χ0v) is 15.9. The molecule has 4 nitrogen and oxygen atoms in total. The first-order valence-corrected chi connectivity index (χ1v) is 9.64. The number of thiophene rings is 1. The minimum Gasteiger partial charge on any atom is -0.455 e. The van der Waals surface area contributed by atoms with Gasteiger partial charge in [0, 0.05) is 4.88 Å². The van der Waals surface area contributed by atoms with Crippen molar-refractivity contribution in [2.24, 2.45) is 17.3 Å². The van der Waals surface area contributed by atoms with Crippen molar-refractivity contribution in [3.05, 3.63) is 22.4 Å². The number of nitrogens with one attached hydrogen (secondary N) is 1. The molecule has 0 radical (unpaired) electrons. The fraction of sp³-hybridized carbons (Fsp3) is 0.684. The van der Waals surface area contributed by atoms with Gasteiger partial charge >= 0.3 is 5.97 Å². The Kier molecular flexibility index (Phi) is 6.44. The summed E-state index contributed by atoms with van der Waals surface area (Å²) in [5.74, 6) is 0.150.